The highest BCUT2D eigenvalue weighted by molar-refractivity contribution is 5.37. The van der Waals surface area contributed by atoms with E-state index in [4.69, 9.17) is 5.73 Å². The highest BCUT2D eigenvalue weighted by Crippen LogP contribution is 2.15. The number of hydrogen-bond acceptors (Lipinski definition) is 4. The van der Waals surface area contributed by atoms with E-state index in [1.807, 2.05) is 7.05 Å². The molecule has 0 bridgehead atoms. The van der Waals surface area contributed by atoms with Crippen LogP contribution >= 0.6 is 0 Å². The van der Waals surface area contributed by atoms with Gasteiger partial charge in [0.05, 0.1) is 0 Å². The number of nitrogens with zero attached hydrogens (tertiary/aromatic N) is 3. The number of hydrogen-bond donors (Lipinski definition) is 1. The third-order valence-electron chi connectivity index (χ3n) is 2.45. The van der Waals surface area contributed by atoms with Crippen LogP contribution < -0.4 is 10.6 Å². The van der Waals surface area contributed by atoms with Gasteiger partial charge in [-0.15, -0.1) is 0 Å². The average Bonchev–Trinajstić information content (AvgIpc) is 2.15. The molecule has 15 heavy (non-hydrogen) atoms. The van der Waals surface area contributed by atoms with Crippen molar-refractivity contribution in [2.24, 2.45) is 5.92 Å². The maximum Gasteiger partial charge on any atom is 0.227 e. The van der Waals surface area contributed by atoms with E-state index in [2.05, 4.69) is 35.6 Å². The Morgan fingerprint density at radius 3 is 2.60 bits per heavy atom. The molecule has 2 N–H and O–H groups in total. The highest BCUT2D eigenvalue weighted by atomic mass is 15.3. The molecular formula is C11H20N4. The van der Waals surface area contributed by atoms with E-state index in [1.54, 1.807) is 12.3 Å². The van der Waals surface area contributed by atoms with Crippen LogP contribution in [0.2, 0.25) is 0 Å². The molecule has 84 valence electrons. The molecule has 4 heteroatoms. The number of rotatable bonds is 4. The molecule has 0 saturated carbocycles. The number of nitrogen functional groups attached to an aromatic ring is 1. The molecule has 1 heterocycles. The fourth-order valence-corrected chi connectivity index (χ4v) is 1.57. The van der Waals surface area contributed by atoms with E-state index in [-0.39, 0.29) is 0 Å². The Hall–Kier alpha value is -1.32. The third kappa shape index (κ3) is 3.38. The lowest BCUT2D eigenvalue weighted by atomic mass is 10.0. The summed E-state index contributed by atoms with van der Waals surface area (Å²) in [4.78, 5) is 10.5. The molecule has 1 aromatic heterocycles. The summed E-state index contributed by atoms with van der Waals surface area (Å²) >= 11 is 0. The molecule has 0 fully saturated rings. The van der Waals surface area contributed by atoms with Crippen LogP contribution in [0.1, 0.15) is 27.2 Å². The van der Waals surface area contributed by atoms with Crippen molar-refractivity contribution < 1.29 is 0 Å². The molecule has 0 aliphatic carbocycles. The van der Waals surface area contributed by atoms with Gasteiger partial charge < -0.3 is 10.6 Å². The van der Waals surface area contributed by atoms with Gasteiger partial charge in [0, 0.05) is 19.3 Å². The molecule has 0 amide bonds. The summed E-state index contributed by atoms with van der Waals surface area (Å²) in [7, 11) is 2.00. The third-order valence-corrected chi connectivity index (χ3v) is 2.45. The molecule has 0 spiro atoms. The largest absolute Gasteiger partial charge is 0.384 e. The normalized spacial score (nSPS) is 12.9. The first-order valence-corrected chi connectivity index (χ1v) is 5.32. The van der Waals surface area contributed by atoms with Gasteiger partial charge in [-0.3, -0.25) is 0 Å². The van der Waals surface area contributed by atoms with Crippen LogP contribution in [0.3, 0.4) is 0 Å². The Morgan fingerprint density at radius 2 is 2.07 bits per heavy atom. The minimum atomic E-state index is 0.423. The van der Waals surface area contributed by atoms with Crippen molar-refractivity contribution in [3.8, 4) is 0 Å². The van der Waals surface area contributed by atoms with Gasteiger partial charge in [-0.1, -0.05) is 13.8 Å². The quantitative estimate of drug-likeness (QED) is 0.821. The van der Waals surface area contributed by atoms with Crippen LogP contribution in [-0.4, -0.2) is 23.1 Å². The van der Waals surface area contributed by atoms with Crippen LogP contribution in [0, 0.1) is 5.92 Å². The summed E-state index contributed by atoms with van der Waals surface area (Å²) in [5.41, 5.74) is 5.62. The van der Waals surface area contributed by atoms with Crippen molar-refractivity contribution in [1.29, 1.82) is 0 Å². The fourth-order valence-electron chi connectivity index (χ4n) is 1.57. The van der Waals surface area contributed by atoms with Gasteiger partial charge in [-0.2, -0.15) is 4.98 Å². The topological polar surface area (TPSA) is 55.0 Å². The summed E-state index contributed by atoms with van der Waals surface area (Å²) in [6, 6.07) is 2.12. The van der Waals surface area contributed by atoms with Crippen molar-refractivity contribution in [1.82, 2.24) is 9.97 Å². The Kier molecular flexibility index (Phi) is 3.88. The molecule has 0 aliphatic heterocycles. The van der Waals surface area contributed by atoms with Crippen molar-refractivity contribution in [2.45, 2.75) is 33.2 Å². The second-order valence-corrected chi connectivity index (χ2v) is 4.37. The maximum absolute atomic E-state index is 5.62. The number of anilines is 2. The van der Waals surface area contributed by atoms with Crippen LogP contribution in [0.15, 0.2) is 12.3 Å². The molecule has 0 aromatic carbocycles. The first-order valence-electron chi connectivity index (χ1n) is 5.32. The summed E-state index contributed by atoms with van der Waals surface area (Å²) in [6.07, 6.45) is 2.81. The maximum atomic E-state index is 5.62. The lowest BCUT2D eigenvalue weighted by molar-refractivity contribution is 0.500. The van der Waals surface area contributed by atoms with E-state index < -0.39 is 0 Å². The molecule has 0 saturated heterocycles. The Bertz CT molecular complexity index is 311. The molecule has 4 nitrogen and oxygen atoms in total. The zero-order valence-corrected chi connectivity index (χ0v) is 9.94. The van der Waals surface area contributed by atoms with Gasteiger partial charge in [0.15, 0.2) is 0 Å². The molecule has 1 aromatic rings. The highest BCUT2D eigenvalue weighted by Gasteiger charge is 2.13. The monoisotopic (exact) mass is 208 g/mol. The molecular weight excluding hydrogens is 188 g/mol. The van der Waals surface area contributed by atoms with Gasteiger partial charge >= 0.3 is 0 Å². The first kappa shape index (κ1) is 11.8. The molecule has 0 aliphatic rings. The predicted octanol–water partition coefficient (Wildman–Crippen LogP) is 1.93. The second-order valence-electron chi connectivity index (χ2n) is 4.37. The zero-order valence-electron chi connectivity index (χ0n) is 9.94. The molecule has 1 rings (SSSR count). The number of aromatic nitrogens is 2. The van der Waals surface area contributed by atoms with E-state index in [9.17, 15) is 0 Å². The van der Waals surface area contributed by atoms with Gasteiger partial charge in [0.1, 0.15) is 5.82 Å². The lowest BCUT2D eigenvalue weighted by Gasteiger charge is -2.26. The van der Waals surface area contributed by atoms with Crippen LogP contribution in [0.4, 0.5) is 11.8 Å². The molecule has 0 radical (unpaired) electrons. The lowest BCUT2D eigenvalue weighted by Crippen LogP contribution is -2.31. The average molecular weight is 208 g/mol. The fraction of sp³-hybridized carbons (Fsp3) is 0.636. The van der Waals surface area contributed by atoms with Crippen molar-refractivity contribution in [3.63, 3.8) is 0 Å². The summed E-state index contributed by atoms with van der Waals surface area (Å²) < 4.78 is 0. The molecule has 1 atom stereocenters. The minimum absolute atomic E-state index is 0.423. The summed E-state index contributed by atoms with van der Waals surface area (Å²) in [5.74, 6) is 1.88. The van der Waals surface area contributed by atoms with Crippen LogP contribution in [-0.2, 0) is 0 Å². The molecule has 1 unspecified atom stereocenters. The first-order chi connectivity index (χ1) is 7.00. The van der Waals surface area contributed by atoms with E-state index in [0.717, 1.165) is 6.42 Å². The Morgan fingerprint density at radius 1 is 1.40 bits per heavy atom. The number of nitrogens with two attached hydrogens (primary N) is 1. The van der Waals surface area contributed by atoms with Crippen LogP contribution in [0.25, 0.3) is 0 Å². The Labute approximate surface area is 91.5 Å². The zero-order chi connectivity index (χ0) is 11.4. The van der Waals surface area contributed by atoms with Gasteiger partial charge in [0.25, 0.3) is 0 Å². The van der Waals surface area contributed by atoms with Crippen molar-refractivity contribution in [3.05, 3.63) is 12.3 Å². The standard InChI is InChI=1S/C11H20N4/c1-8(2)7-9(3)15(4)11-13-6-5-10(12)14-11/h5-6,8-9H,7H2,1-4H3,(H2,12,13,14). The van der Waals surface area contributed by atoms with Crippen molar-refractivity contribution >= 4 is 11.8 Å². The van der Waals surface area contributed by atoms with E-state index in [0.29, 0.717) is 23.7 Å². The van der Waals surface area contributed by atoms with Crippen LogP contribution in [0.5, 0.6) is 0 Å². The van der Waals surface area contributed by atoms with E-state index >= 15 is 0 Å². The van der Waals surface area contributed by atoms with Gasteiger partial charge in [-0.25, -0.2) is 4.98 Å². The second kappa shape index (κ2) is 4.96. The summed E-state index contributed by atoms with van der Waals surface area (Å²) in [5, 5.41) is 0. The van der Waals surface area contributed by atoms with Gasteiger partial charge in [-0.05, 0) is 25.3 Å². The summed E-state index contributed by atoms with van der Waals surface area (Å²) in [6.45, 7) is 6.60. The SMILES string of the molecule is CC(C)CC(C)N(C)c1nccc(N)n1. The van der Waals surface area contributed by atoms with Crippen molar-refractivity contribution in [2.75, 3.05) is 17.7 Å². The smallest absolute Gasteiger partial charge is 0.227 e. The van der Waals surface area contributed by atoms with Gasteiger partial charge in [0.2, 0.25) is 5.95 Å². The predicted molar refractivity (Wildman–Crippen MR) is 63.8 cm³/mol. The Balaban J connectivity index is 2.71. The minimum Gasteiger partial charge on any atom is -0.384 e. The van der Waals surface area contributed by atoms with E-state index in [1.165, 1.54) is 0 Å².